The van der Waals surface area contributed by atoms with Crippen molar-refractivity contribution < 1.29 is 49.7 Å². The van der Waals surface area contributed by atoms with Gasteiger partial charge in [-0.3, -0.25) is 9.59 Å². The highest BCUT2D eigenvalue weighted by atomic mass is 16.7. The van der Waals surface area contributed by atoms with Crippen LogP contribution in [0.4, 0.5) is 0 Å². The molecule has 1 saturated heterocycles. The Morgan fingerprint density at radius 1 is 1.05 bits per heavy atom. The van der Waals surface area contributed by atoms with Crippen LogP contribution in [0.25, 0.3) is 0 Å². The summed E-state index contributed by atoms with van der Waals surface area (Å²) in [5.74, 6) is -4.47. The van der Waals surface area contributed by atoms with Gasteiger partial charge in [0.25, 0.3) is 0 Å². The van der Waals surface area contributed by atoms with Crippen molar-refractivity contribution in [1.82, 2.24) is 0 Å². The Morgan fingerprint density at radius 2 is 1.64 bits per heavy atom. The predicted octanol–water partition coefficient (Wildman–Crippen LogP) is -2.63. The average Bonchev–Trinajstić information content (AvgIpc) is 2.45. The fourth-order valence-electron chi connectivity index (χ4n) is 2.04. The molecule has 0 radical (unpaired) electrons. The number of aliphatic hydroxyl groups is 4. The summed E-state index contributed by atoms with van der Waals surface area (Å²) >= 11 is 0. The Kier molecular flexibility index (Phi) is 7.13. The maximum atomic E-state index is 10.7. The van der Waals surface area contributed by atoms with E-state index in [0.29, 0.717) is 0 Å². The lowest BCUT2D eigenvalue weighted by molar-refractivity contribution is -0.301. The number of carbonyl (C=O) groups is 2. The summed E-state index contributed by atoms with van der Waals surface area (Å²) in [4.78, 5) is 21.3. The van der Waals surface area contributed by atoms with Crippen molar-refractivity contribution >= 4 is 11.9 Å². The van der Waals surface area contributed by atoms with Gasteiger partial charge in [-0.05, 0) is 12.8 Å². The summed E-state index contributed by atoms with van der Waals surface area (Å²) in [7, 11) is 0. The maximum Gasteiger partial charge on any atom is 0.317 e. The first kappa shape index (κ1) is 18.7. The van der Waals surface area contributed by atoms with Crippen LogP contribution in [0.2, 0.25) is 0 Å². The Bertz CT molecular complexity index is 370. The molecule has 1 aliphatic heterocycles. The Balaban J connectivity index is 2.43. The molecule has 0 amide bonds. The van der Waals surface area contributed by atoms with Gasteiger partial charge < -0.3 is 40.1 Å². The molecule has 0 spiro atoms. The Labute approximate surface area is 125 Å². The second-order valence-electron chi connectivity index (χ2n) is 4.94. The van der Waals surface area contributed by atoms with Gasteiger partial charge in [0.2, 0.25) is 0 Å². The van der Waals surface area contributed by atoms with Gasteiger partial charge >= 0.3 is 11.9 Å². The standard InChI is InChI=1S/C12H20O10/c13-4-6-7(14)8(15)9(16)12(22-6)21-3-1-2-5(10(17)18)11(19)20/h5-9,12-16H,1-4H2,(H,17,18)(H,19,20)/t6-,7+,8+,9-,12-/m1/s1. The van der Waals surface area contributed by atoms with Crippen LogP contribution in [0.15, 0.2) is 0 Å². The molecule has 0 aromatic heterocycles. The molecular formula is C12H20O10. The smallest absolute Gasteiger partial charge is 0.317 e. The summed E-state index contributed by atoms with van der Waals surface area (Å²) < 4.78 is 10.2. The number of ether oxygens (including phenoxy) is 2. The lowest BCUT2D eigenvalue weighted by atomic mass is 9.99. The zero-order chi connectivity index (χ0) is 16.9. The van der Waals surface area contributed by atoms with Crippen LogP contribution in [0.3, 0.4) is 0 Å². The highest BCUT2D eigenvalue weighted by Crippen LogP contribution is 2.22. The van der Waals surface area contributed by atoms with Gasteiger partial charge in [0.05, 0.1) is 6.61 Å². The third-order valence-electron chi connectivity index (χ3n) is 3.36. The van der Waals surface area contributed by atoms with Crippen molar-refractivity contribution in [3.63, 3.8) is 0 Å². The topological polar surface area (TPSA) is 174 Å². The minimum Gasteiger partial charge on any atom is -0.481 e. The molecule has 5 atom stereocenters. The third-order valence-corrected chi connectivity index (χ3v) is 3.36. The number of carboxylic acid groups (broad SMARTS) is 2. The summed E-state index contributed by atoms with van der Waals surface area (Å²) in [6.07, 6.45) is -7.14. The van der Waals surface area contributed by atoms with E-state index < -0.39 is 55.2 Å². The third kappa shape index (κ3) is 4.60. The second-order valence-corrected chi connectivity index (χ2v) is 4.94. The van der Waals surface area contributed by atoms with E-state index >= 15 is 0 Å². The zero-order valence-electron chi connectivity index (χ0n) is 11.6. The molecule has 1 rings (SSSR count). The summed E-state index contributed by atoms with van der Waals surface area (Å²) in [6, 6.07) is 0. The average molecular weight is 324 g/mol. The van der Waals surface area contributed by atoms with Crippen LogP contribution in [0.5, 0.6) is 0 Å². The van der Waals surface area contributed by atoms with E-state index in [1.807, 2.05) is 0 Å². The van der Waals surface area contributed by atoms with Crippen molar-refractivity contribution in [2.45, 2.75) is 43.5 Å². The molecule has 10 heteroatoms. The normalized spacial score (nSPS) is 32.1. The molecule has 0 aromatic rings. The van der Waals surface area contributed by atoms with Gasteiger partial charge in [0, 0.05) is 6.61 Å². The molecule has 1 fully saturated rings. The van der Waals surface area contributed by atoms with Crippen molar-refractivity contribution in [3.05, 3.63) is 0 Å². The van der Waals surface area contributed by atoms with E-state index in [4.69, 9.17) is 24.8 Å². The van der Waals surface area contributed by atoms with E-state index in [9.17, 15) is 24.9 Å². The Morgan fingerprint density at radius 3 is 2.14 bits per heavy atom. The zero-order valence-corrected chi connectivity index (χ0v) is 11.6. The Hall–Kier alpha value is -1.30. The van der Waals surface area contributed by atoms with Gasteiger partial charge in [0.1, 0.15) is 24.4 Å². The van der Waals surface area contributed by atoms with Crippen LogP contribution in [0.1, 0.15) is 12.8 Å². The highest BCUT2D eigenvalue weighted by molar-refractivity contribution is 5.92. The molecule has 10 nitrogen and oxygen atoms in total. The number of carboxylic acids is 2. The highest BCUT2D eigenvalue weighted by Gasteiger charge is 2.43. The van der Waals surface area contributed by atoms with Gasteiger partial charge in [-0.15, -0.1) is 0 Å². The minimum atomic E-state index is -1.57. The molecule has 0 aromatic carbocycles. The van der Waals surface area contributed by atoms with Crippen molar-refractivity contribution in [2.75, 3.05) is 13.2 Å². The number of rotatable bonds is 8. The SMILES string of the molecule is O=C(O)C(CCCO[C@@H]1O[C@H](CO)[C@H](O)[C@H](O)[C@H]1O)C(=O)O. The van der Waals surface area contributed by atoms with Crippen molar-refractivity contribution in [2.24, 2.45) is 5.92 Å². The summed E-state index contributed by atoms with van der Waals surface area (Å²) in [5.41, 5.74) is 0. The number of hydrogen-bond donors (Lipinski definition) is 6. The molecular weight excluding hydrogens is 304 g/mol. The van der Waals surface area contributed by atoms with Crippen LogP contribution in [-0.2, 0) is 19.1 Å². The largest absolute Gasteiger partial charge is 0.481 e. The number of aliphatic carboxylic acids is 2. The van der Waals surface area contributed by atoms with Crippen molar-refractivity contribution in [1.29, 1.82) is 0 Å². The fraction of sp³-hybridized carbons (Fsp3) is 0.833. The molecule has 0 aliphatic carbocycles. The minimum absolute atomic E-state index is 0.0677. The quantitative estimate of drug-likeness (QED) is 0.205. The van der Waals surface area contributed by atoms with Crippen LogP contribution < -0.4 is 0 Å². The summed E-state index contributed by atoms with van der Waals surface area (Å²) in [6.45, 7) is -0.718. The molecule has 0 saturated carbocycles. The van der Waals surface area contributed by atoms with Gasteiger partial charge in [-0.2, -0.15) is 0 Å². The maximum absolute atomic E-state index is 10.7. The number of hydrogen-bond acceptors (Lipinski definition) is 8. The molecule has 6 N–H and O–H groups in total. The lowest BCUT2D eigenvalue weighted by Crippen LogP contribution is -2.59. The molecule has 1 heterocycles. The first-order valence-corrected chi connectivity index (χ1v) is 6.67. The van der Waals surface area contributed by atoms with Crippen LogP contribution in [-0.4, -0.2) is 86.5 Å². The monoisotopic (exact) mass is 324 g/mol. The first-order chi connectivity index (χ1) is 10.3. The molecule has 0 unspecified atom stereocenters. The van der Waals surface area contributed by atoms with Gasteiger partial charge in [0.15, 0.2) is 12.2 Å². The van der Waals surface area contributed by atoms with Crippen LogP contribution in [0, 0.1) is 5.92 Å². The van der Waals surface area contributed by atoms with Gasteiger partial charge in [-0.1, -0.05) is 0 Å². The summed E-state index contributed by atoms with van der Waals surface area (Å²) in [5, 5.41) is 55.1. The van der Waals surface area contributed by atoms with E-state index in [-0.39, 0.29) is 19.4 Å². The fourth-order valence-corrected chi connectivity index (χ4v) is 2.04. The lowest BCUT2D eigenvalue weighted by Gasteiger charge is -2.39. The van der Waals surface area contributed by atoms with E-state index in [1.54, 1.807) is 0 Å². The van der Waals surface area contributed by atoms with E-state index in [1.165, 1.54) is 0 Å². The first-order valence-electron chi connectivity index (χ1n) is 6.67. The number of aliphatic hydroxyl groups excluding tert-OH is 4. The van der Waals surface area contributed by atoms with Crippen LogP contribution >= 0.6 is 0 Å². The molecule has 22 heavy (non-hydrogen) atoms. The van der Waals surface area contributed by atoms with E-state index in [2.05, 4.69) is 0 Å². The molecule has 0 bridgehead atoms. The molecule has 128 valence electrons. The van der Waals surface area contributed by atoms with Gasteiger partial charge in [-0.25, -0.2) is 0 Å². The van der Waals surface area contributed by atoms with E-state index in [0.717, 1.165) is 0 Å². The molecule has 1 aliphatic rings. The second kappa shape index (κ2) is 8.36. The van der Waals surface area contributed by atoms with Crippen molar-refractivity contribution in [3.8, 4) is 0 Å². The predicted molar refractivity (Wildman–Crippen MR) is 67.7 cm³/mol.